The molecule has 1 aromatic carbocycles. The van der Waals surface area contributed by atoms with Gasteiger partial charge < -0.3 is 9.64 Å². The Morgan fingerprint density at radius 3 is 2.74 bits per heavy atom. The summed E-state index contributed by atoms with van der Waals surface area (Å²) in [6.45, 7) is 0.747. The number of hydrogen-bond donors (Lipinski definition) is 0. The lowest BCUT2D eigenvalue weighted by molar-refractivity contribution is -0.134. The van der Waals surface area contributed by atoms with Gasteiger partial charge in [0.25, 0.3) is 0 Å². The van der Waals surface area contributed by atoms with E-state index in [4.69, 9.17) is 4.74 Å². The summed E-state index contributed by atoms with van der Waals surface area (Å²) < 4.78 is 5.26. The summed E-state index contributed by atoms with van der Waals surface area (Å²) in [4.78, 5) is 39.5. The van der Waals surface area contributed by atoms with E-state index < -0.39 is 12.1 Å². The molecule has 0 N–H and O–H groups in total. The van der Waals surface area contributed by atoms with Crippen LogP contribution in [0.15, 0.2) is 30.3 Å². The fourth-order valence-corrected chi connectivity index (χ4v) is 3.66. The number of rotatable bonds is 3. The Balaban J connectivity index is 1.63. The van der Waals surface area contributed by atoms with Gasteiger partial charge in [-0.2, -0.15) is 0 Å². The van der Waals surface area contributed by atoms with E-state index in [0.717, 1.165) is 11.3 Å². The molecule has 0 spiro atoms. The molecule has 1 atom stereocenters. The van der Waals surface area contributed by atoms with Crippen molar-refractivity contribution in [2.45, 2.75) is 19.1 Å². The molecular formula is C16H18N2O4S. The molecular weight excluding hydrogens is 316 g/mol. The third-order valence-corrected chi connectivity index (χ3v) is 4.90. The average molecular weight is 334 g/mol. The lowest BCUT2D eigenvalue weighted by atomic mass is 10.2. The summed E-state index contributed by atoms with van der Waals surface area (Å²) in [6, 6.07) is 8.59. The molecule has 0 saturated carbocycles. The quantitative estimate of drug-likeness (QED) is 0.838. The minimum Gasteiger partial charge on any atom is -0.445 e. The highest BCUT2D eigenvalue weighted by atomic mass is 32.2. The Labute approximate surface area is 138 Å². The Morgan fingerprint density at radius 1 is 1.26 bits per heavy atom. The zero-order chi connectivity index (χ0) is 16.2. The second kappa shape index (κ2) is 7.04. The van der Waals surface area contributed by atoms with Crippen molar-refractivity contribution in [2.24, 2.45) is 0 Å². The molecule has 0 aliphatic carbocycles. The summed E-state index contributed by atoms with van der Waals surface area (Å²) in [5, 5.41) is 0. The summed E-state index contributed by atoms with van der Waals surface area (Å²) in [7, 11) is 0. The Morgan fingerprint density at radius 2 is 2.04 bits per heavy atom. The lowest BCUT2D eigenvalue weighted by Crippen LogP contribution is -2.47. The van der Waals surface area contributed by atoms with Crippen molar-refractivity contribution >= 4 is 29.5 Å². The predicted molar refractivity (Wildman–Crippen MR) is 85.8 cm³/mol. The highest BCUT2D eigenvalue weighted by Gasteiger charge is 2.42. The molecule has 122 valence electrons. The van der Waals surface area contributed by atoms with Crippen molar-refractivity contribution in [3.63, 3.8) is 0 Å². The molecule has 2 amide bonds. The van der Waals surface area contributed by atoms with E-state index >= 15 is 0 Å². The SMILES string of the molecule is O=C1C[C@@H](C(=O)N2CCSC2)N(C(=O)OCc2ccccc2)C1. The standard InChI is InChI=1S/C16H18N2O4S/c19-13-8-14(15(20)17-6-7-23-11-17)18(9-13)16(21)22-10-12-4-2-1-3-5-12/h1-5,14H,6-11H2/t14-/m0/s1. The molecule has 0 radical (unpaired) electrons. The number of amides is 2. The van der Waals surface area contributed by atoms with E-state index in [0.29, 0.717) is 12.4 Å². The summed E-state index contributed by atoms with van der Waals surface area (Å²) in [5.74, 6) is 1.26. The maximum atomic E-state index is 12.5. The summed E-state index contributed by atoms with van der Waals surface area (Å²) >= 11 is 1.67. The van der Waals surface area contributed by atoms with Gasteiger partial charge in [0.15, 0.2) is 5.78 Å². The topological polar surface area (TPSA) is 66.9 Å². The molecule has 2 heterocycles. The van der Waals surface area contributed by atoms with Gasteiger partial charge in [0, 0.05) is 18.7 Å². The first-order chi connectivity index (χ1) is 11.1. The minimum absolute atomic E-state index is 0.0506. The van der Waals surface area contributed by atoms with Gasteiger partial charge in [0.05, 0.1) is 12.4 Å². The van der Waals surface area contributed by atoms with Crippen LogP contribution in [0.5, 0.6) is 0 Å². The van der Waals surface area contributed by atoms with Crippen LogP contribution >= 0.6 is 11.8 Å². The van der Waals surface area contributed by atoms with E-state index in [1.807, 2.05) is 30.3 Å². The van der Waals surface area contributed by atoms with Gasteiger partial charge in [-0.15, -0.1) is 11.8 Å². The molecule has 23 heavy (non-hydrogen) atoms. The largest absolute Gasteiger partial charge is 0.445 e. The molecule has 0 bridgehead atoms. The van der Waals surface area contributed by atoms with E-state index in [-0.39, 0.29) is 31.3 Å². The average Bonchev–Trinajstić information content (AvgIpc) is 3.22. The van der Waals surface area contributed by atoms with Crippen LogP contribution in [-0.2, 0) is 20.9 Å². The van der Waals surface area contributed by atoms with Crippen molar-refractivity contribution in [2.75, 3.05) is 24.7 Å². The van der Waals surface area contributed by atoms with Gasteiger partial charge in [-0.3, -0.25) is 14.5 Å². The molecule has 3 rings (SSSR count). The molecule has 2 aliphatic heterocycles. The van der Waals surface area contributed by atoms with Crippen molar-refractivity contribution in [1.82, 2.24) is 9.80 Å². The zero-order valence-electron chi connectivity index (χ0n) is 12.6. The van der Waals surface area contributed by atoms with E-state index in [1.54, 1.807) is 16.7 Å². The summed E-state index contributed by atoms with van der Waals surface area (Å²) in [6.07, 6.45) is -0.523. The first-order valence-electron chi connectivity index (χ1n) is 7.50. The highest BCUT2D eigenvalue weighted by Crippen LogP contribution is 2.22. The van der Waals surface area contributed by atoms with Gasteiger partial charge >= 0.3 is 6.09 Å². The van der Waals surface area contributed by atoms with Gasteiger partial charge in [0.1, 0.15) is 12.6 Å². The summed E-state index contributed by atoms with van der Waals surface area (Å²) in [5.41, 5.74) is 0.866. The number of carbonyl (C=O) groups is 3. The number of likely N-dealkylation sites (tertiary alicyclic amines) is 1. The van der Waals surface area contributed by atoms with E-state index in [9.17, 15) is 14.4 Å². The maximum absolute atomic E-state index is 12.5. The number of ether oxygens (including phenoxy) is 1. The number of nitrogens with zero attached hydrogens (tertiary/aromatic N) is 2. The van der Waals surface area contributed by atoms with Crippen molar-refractivity contribution in [3.8, 4) is 0 Å². The van der Waals surface area contributed by atoms with Crippen LogP contribution in [0.4, 0.5) is 4.79 Å². The number of ketones is 1. The van der Waals surface area contributed by atoms with Crippen LogP contribution in [0.1, 0.15) is 12.0 Å². The fourth-order valence-electron chi connectivity index (χ4n) is 2.70. The molecule has 2 saturated heterocycles. The molecule has 6 nitrogen and oxygen atoms in total. The zero-order valence-corrected chi connectivity index (χ0v) is 13.5. The van der Waals surface area contributed by atoms with Gasteiger partial charge in [0.2, 0.25) is 5.91 Å². The van der Waals surface area contributed by atoms with Crippen LogP contribution in [0.2, 0.25) is 0 Å². The molecule has 0 unspecified atom stereocenters. The lowest BCUT2D eigenvalue weighted by Gasteiger charge is -2.26. The Hall–Kier alpha value is -2.02. The second-order valence-electron chi connectivity index (χ2n) is 5.57. The van der Waals surface area contributed by atoms with Crippen LogP contribution in [0.3, 0.4) is 0 Å². The Kier molecular flexibility index (Phi) is 4.85. The third-order valence-electron chi connectivity index (χ3n) is 3.93. The monoisotopic (exact) mass is 334 g/mol. The number of thioether (sulfide) groups is 1. The predicted octanol–water partition coefficient (Wildman–Crippen LogP) is 1.50. The van der Waals surface area contributed by atoms with Gasteiger partial charge in [-0.1, -0.05) is 30.3 Å². The smallest absolute Gasteiger partial charge is 0.411 e. The van der Waals surface area contributed by atoms with E-state index in [1.165, 1.54) is 4.90 Å². The molecule has 2 fully saturated rings. The maximum Gasteiger partial charge on any atom is 0.411 e. The van der Waals surface area contributed by atoms with E-state index in [2.05, 4.69) is 0 Å². The second-order valence-corrected chi connectivity index (χ2v) is 6.64. The van der Waals surface area contributed by atoms with Gasteiger partial charge in [-0.05, 0) is 5.56 Å². The molecule has 0 aromatic heterocycles. The molecule has 7 heteroatoms. The first-order valence-corrected chi connectivity index (χ1v) is 8.66. The first kappa shape index (κ1) is 15.9. The van der Waals surface area contributed by atoms with Crippen molar-refractivity contribution < 1.29 is 19.1 Å². The normalized spacial score (nSPS) is 20.9. The number of hydrogen-bond acceptors (Lipinski definition) is 5. The number of Topliss-reactive ketones (excluding diaryl/α,β-unsaturated/α-hetero) is 1. The minimum atomic E-state index is -0.718. The molecule has 1 aromatic rings. The third kappa shape index (κ3) is 3.67. The van der Waals surface area contributed by atoms with Crippen LogP contribution in [0, 0.1) is 0 Å². The van der Waals surface area contributed by atoms with Gasteiger partial charge in [-0.25, -0.2) is 4.79 Å². The highest BCUT2D eigenvalue weighted by molar-refractivity contribution is 7.99. The van der Waals surface area contributed by atoms with Crippen molar-refractivity contribution in [1.29, 1.82) is 0 Å². The Bertz CT molecular complexity index is 601. The van der Waals surface area contributed by atoms with Crippen LogP contribution < -0.4 is 0 Å². The van der Waals surface area contributed by atoms with Crippen molar-refractivity contribution in [3.05, 3.63) is 35.9 Å². The van der Waals surface area contributed by atoms with Crippen LogP contribution in [0.25, 0.3) is 0 Å². The fraction of sp³-hybridized carbons (Fsp3) is 0.438. The number of benzene rings is 1. The molecule has 2 aliphatic rings. The number of carbonyl (C=O) groups excluding carboxylic acids is 3. The van der Waals surface area contributed by atoms with Crippen LogP contribution in [-0.4, -0.2) is 58.3 Å².